The Morgan fingerprint density at radius 3 is 3.16 bits per heavy atom. The molecule has 19 heavy (non-hydrogen) atoms. The van der Waals surface area contributed by atoms with Gasteiger partial charge in [0.25, 0.3) is 5.56 Å². The van der Waals surface area contributed by atoms with Crippen LogP contribution in [0.5, 0.6) is 0 Å². The second kappa shape index (κ2) is 5.05. The SMILES string of the molecule is CCC1Cc2c(nc(Sc3cccnc3)[nH]c2=O)N1. The van der Waals surface area contributed by atoms with Crippen LogP contribution in [-0.2, 0) is 6.42 Å². The number of anilines is 1. The zero-order valence-electron chi connectivity index (χ0n) is 10.5. The maximum absolute atomic E-state index is 12.0. The molecule has 0 bridgehead atoms. The van der Waals surface area contributed by atoms with E-state index in [4.69, 9.17) is 0 Å². The Morgan fingerprint density at radius 2 is 2.42 bits per heavy atom. The van der Waals surface area contributed by atoms with Crippen molar-refractivity contribution in [2.45, 2.75) is 35.9 Å². The molecule has 0 saturated heterocycles. The van der Waals surface area contributed by atoms with Gasteiger partial charge in [-0.25, -0.2) is 4.98 Å². The van der Waals surface area contributed by atoms with Gasteiger partial charge in [-0.15, -0.1) is 0 Å². The third kappa shape index (κ3) is 2.49. The molecule has 2 aromatic rings. The first-order valence-corrected chi connectivity index (χ1v) is 7.05. The van der Waals surface area contributed by atoms with E-state index in [1.165, 1.54) is 11.8 Å². The summed E-state index contributed by atoms with van der Waals surface area (Å²) in [6.45, 7) is 2.10. The van der Waals surface area contributed by atoms with E-state index in [9.17, 15) is 4.79 Å². The van der Waals surface area contributed by atoms with Gasteiger partial charge in [-0.2, -0.15) is 0 Å². The highest BCUT2D eigenvalue weighted by Crippen LogP contribution is 2.27. The summed E-state index contributed by atoms with van der Waals surface area (Å²) in [4.78, 5) is 24.3. The van der Waals surface area contributed by atoms with E-state index < -0.39 is 0 Å². The Morgan fingerprint density at radius 1 is 1.53 bits per heavy atom. The lowest BCUT2D eigenvalue weighted by Gasteiger charge is -2.06. The molecular formula is C13H14N4OS. The molecule has 0 aromatic carbocycles. The molecule has 98 valence electrons. The van der Waals surface area contributed by atoms with Crippen molar-refractivity contribution in [2.24, 2.45) is 0 Å². The van der Waals surface area contributed by atoms with Crippen molar-refractivity contribution in [3.63, 3.8) is 0 Å². The molecule has 0 aliphatic carbocycles. The fourth-order valence-corrected chi connectivity index (χ4v) is 2.85. The average Bonchev–Trinajstić information content (AvgIpc) is 2.83. The van der Waals surface area contributed by atoms with Crippen LogP contribution in [0, 0.1) is 0 Å². The van der Waals surface area contributed by atoms with E-state index >= 15 is 0 Å². The zero-order chi connectivity index (χ0) is 13.2. The van der Waals surface area contributed by atoms with E-state index in [1.807, 2.05) is 12.1 Å². The van der Waals surface area contributed by atoms with Gasteiger partial charge < -0.3 is 10.3 Å². The molecule has 1 unspecified atom stereocenters. The fraction of sp³-hybridized carbons (Fsp3) is 0.308. The van der Waals surface area contributed by atoms with Crippen LogP contribution in [0.1, 0.15) is 18.9 Å². The molecule has 0 saturated carbocycles. The summed E-state index contributed by atoms with van der Waals surface area (Å²) in [7, 11) is 0. The van der Waals surface area contributed by atoms with Crippen molar-refractivity contribution in [3.8, 4) is 0 Å². The summed E-state index contributed by atoms with van der Waals surface area (Å²) in [5.41, 5.74) is 0.724. The highest BCUT2D eigenvalue weighted by atomic mass is 32.2. The smallest absolute Gasteiger partial charge is 0.256 e. The number of aromatic amines is 1. The molecule has 2 N–H and O–H groups in total. The van der Waals surface area contributed by atoms with Gasteiger partial charge in [0.1, 0.15) is 5.82 Å². The first-order chi connectivity index (χ1) is 9.26. The number of nitrogens with zero attached hydrogens (tertiary/aromatic N) is 2. The molecule has 5 nitrogen and oxygen atoms in total. The minimum Gasteiger partial charge on any atom is -0.367 e. The maximum atomic E-state index is 12.0. The van der Waals surface area contributed by atoms with Crippen molar-refractivity contribution in [2.75, 3.05) is 5.32 Å². The fourth-order valence-electron chi connectivity index (χ4n) is 2.09. The standard InChI is InChI=1S/C13H14N4OS/c1-2-8-6-10-11(15-8)16-13(17-12(10)18)19-9-4-3-5-14-7-9/h3-5,7-8H,2,6H2,1H3,(H2,15,16,17,18). The Balaban J connectivity index is 1.90. The highest BCUT2D eigenvalue weighted by molar-refractivity contribution is 7.99. The molecule has 1 atom stereocenters. The van der Waals surface area contributed by atoms with Crippen molar-refractivity contribution in [1.82, 2.24) is 15.0 Å². The Kier molecular flexibility index (Phi) is 3.25. The second-order valence-corrected chi connectivity index (χ2v) is 5.50. The summed E-state index contributed by atoms with van der Waals surface area (Å²) in [5.74, 6) is 0.724. The van der Waals surface area contributed by atoms with E-state index in [-0.39, 0.29) is 5.56 Å². The lowest BCUT2D eigenvalue weighted by molar-refractivity contribution is 0.720. The van der Waals surface area contributed by atoms with Gasteiger partial charge in [0.2, 0.25) is 0 Å². The van der Waals surface area contributed by atoms with Gasteiger partial charge in [0.15, 0.2) is 5.16 Å². The number of hydrogen-bond donors (Lipinski definition) is 2. The van der Waals surface area contributed by atoms with Gasteiger partial charge in [-0.05, 0) is 18.6 Å². The van der Waals surface area contributed by atoms with Crippen molar-refractivity contribution in [1.29, 1.82) is 0 Å². The summed E-state index contributed by atoms with van der Waals surface area (Å²) in [6.07, 6.45) is 5.21. The van der Waals surface area contributed by atoms with Gasteiger partial charge in [-0.3, -0.25) is 9.78 Å². The predicted octanol–water partition coefficient (Wildman–Crippen LogP) is 2.06. The molecule has 0 amide bonds. The van der Waals surface area contributed by atoms with Crippen molar-refractivity contribution < 1.29 is 0 Å². The molecule has 6 heteroatoms. The molecule has 3 heterocycles. The molecule has 0 spiro atoms. The number of fused-ring (bicyclic) bond motifs is 1. The third-order valence-electron chi connectivity index (χ3n) is 3.13. The Labute approximate surface area is 114 Å². The molecular weight excluding hydrogens is 260 g/mol. The topological polar surface area (TPSA) is 70.7 Å². The first kappa shape index (κ1) is 12.2. The number of nitrogens with one attached hydrogen (secondary N) is 2. The van der Waals surface area contributed by atoms with E-state index in [0.717, 1.165) is 29.1 Å². The molecule has 0 fully saturated rings. The van der Waals surface area contributed by atoms with Crippen LogP contribution in [0.4, 0.5) is 5.82 Å². The van der Waals surface area contributed by atoms with Crippen LogP contribution in [0.15, 0.2) is 39.4 Å². The van der Waals surface area contributed by atoms with Crippen LogP contribution < -0.4 is 10.9 Å². The van der Waals surface area contributed by atoms with E-state index in [0.29, 0.717) is 11.2 Å². The van der Waals surface area contributed by atoms with Crippen LogP contribution in [0.25, 0.3) is 0 Å². The van der Waals surface area contributed by atoms with Crippen LogP contribution >= 0.6 is 11.8 Å². The lowest BCUT2D eigenvalue weighted by atomic mass is 10.1. The minimum atomic E-state index is -0.0418. The number of rotatable bonds is 3. The monoisotopic (exact) mass is 274 g/mol. The number of H-pyrrole nitrogens is 1. The van der Waals surface area contributed by atoms with Gasteiger partial charge in [-0.1, -0.05) is 18.7 Å². The number of hydrogen-bond acceptors (Lipinski definition) is 5. The van der Waals surface area contributed by atoms with Crippen molar-refractivity contribution in [3.05, 3.63) is 40.4 Å². The van der Waals surface area contributed by atoms with Gasteiger partial charge >= 0.3 is 0 Å². The quantitative estimate of drug-likeness (QED) is 0.838. The average molecular weight is 274 g/mol. The number of aromatic nitrogens is 3. The van der Waals surface area contributed by atoms with Crippen molar-refractivity contribution >= 4 is 17.6 Å². The van der Waals surface area contributed by atoms with Crippen LogP contribution in [-0.4, -0.2) is 21.0 Å². The summed E-state index contributed by atoms with van der Waals surface area (Å²) in [5, 5.41) is 3.89. The lowest BCUT2D eigenvalue weighted by Crippen LogP contribution is -2.14. The largest absolute Gasteiger partial charge is 0.367 e. The molecule has 3 rings (SSSR count). The predicted molar refractivity (Wildman–Crippen MR) is 74.6 cm³/mol. The summed E-state index contributed by atoms with van der Waals surface area (Å²) in [6, 6.07) is 4.12. The molecule has 0 radical (unpaired) electrons. The molecule has 1 aliphatic heterocycles. The maximum Gasteiger partial charge on any atom is 0.256 e. The molecule has 2 aromatic heterocycles. The normalized spacial score (nSPS) is 17.0. The third-order valence-corrected chi connectivity index (χ3v) is 3.99. The Bertz CT molecular complexity index is 641. The van der Waals surface area contributed by atoms with Gasteiger partial charge in [0.05, 0.1) is 5.56 Å². The minimum absolute atomic E-state index is 0.0418. The van der Waals surface area contributed by atoms with E-state index in [1.54, 1.807) is 12.4 Å². The van der Waals surface area contributed by atoms with Crippen LogP contribution in [0.3, 0.4) is 0 Å². The molecule has 1 aliphatic rings. The summed E-state index contributed by atoms with van der Waals surface area (Å²) < 4.78 is 0. The van der Waals surface area contributed by atoms with Gasteiger partial charge in [0, 0.05) is 29.8 Å². The second-order valence-electron chi connectivity index (χ2n) is 4.44. The van der Waals surface area contributed by atoms with E-state index in [2.05, 4.69) is 27.2 Å². The number of pyridine rings is 1. The highest BCUT2D eigenvalue weighted by Gasteiger charge is 2.24. The first-order valence-electron chi connectivity index (χ1n) is 6.24. The Hall–Kier alpha value is -1.82. The van der Waals surface area contributed by atoms with Crippen LogP contribution in [0.2, 0.25) is 0 Å². The summed E-state index contributed by atoms with van der Waals surface area (Å²) >= 11 is 1.41. The zero-order valence-corrected chi connectivity index (χ0v) is 11.3.